The van der Waals surface area contributed by atoms with Crippen molar-refractivity contribution in [1.29, 1.82) is 0 Å². The third-order valence-corrected chi connectivity index (χ3v) is 11.8. The molecule has 8 amide bonds. The fourth-order valence-electron chi connectivity index (χ4n) is 6.67. The third kappa shape index (κ3) is 24.4. The number of thiol groups is 1. The minimum absolute atomic E-state index is 0.00609. The van der Waals surface area contributed by atoms with Crippen molar-refractivity contribution in [2.24, 2.45) is 39.8 Å². The van der Waals surface area contributed by atoms with Crippen LogP contribution in [0.3, 0.4) is 0 Å². The number of nitrogens with one attached hydrogen (secondary N) is 7. The molecule has 0 saturated carbocycles. The standard InChI is InChI=1S/C44H72N12O13S2/c1-6-23(4)35(42(67)54-31(43(68)69)18-22(2)3)56-40(65)30(20-33(46)58)53-41(66)32(21-70)55-39(64)29(15-17-71-5)52-37(62)27(8-7-16-49-44(47)48)51-38(63)28(13-14-34(59)60)50-36(61)26(45)19-24-9-11-25(57)12-10-24/h9-12,22-23,26-32,35,57,70H,6-8,13-21,45H2,1-5H3,(H2,46,58)(H,50,61)(H,51,63)(H,52,62)(H,53,66)(H,54,67)(H,55,64)(H,56,65)(H,59,60)(H,68,69)(H4,47,48,49)/t23-,26-,27-,28-,29-,30-,31-,32-,35-/m0/s1. The van der Waals surface area contributed by atoms with E-state index in [1.165, 1.54) is 36.0 Å². The monoisotopic (exact) mass is 1040 g/mol. The number of aromatic hydroxyl groups is 1. The molecule has 18 N–H and O–H groups in total. The Bertz CT molecular complexity index is 2010. The van der Waals surface area contributed by atoms with E-state index in [1.54, 1.807) is 34.0 Å². The summed E-state index contributed by atoms with van der Waals surface area (Å²) in [7, 11) is 0. The second-order valence-corrected chi connectivity index (χ2v) is 18.6. The largest absolute Gasteiger partial charge is 0.508 e. The maximum atomic E-state index is 14.0. The first-order valence-electron chi connectivity index (χ1n) is 22.9. The number of rotatable bonds is 34. The second-order valence-electron chi connectivity index (χ2n) is 17.2. The minimum atomic E-state index is -1.68. The molecule has 1 rings (SSSR count). The van der Waals surface area contributed by atoms with Gasteiger partial charge in [0.1, 0.15) is 48.0 Å². The molecule has 1 aromatic carbocycles. The molecule has 9 atom stereocenters. The molecule has 0 aliphatic carbocycles. The Kier molecular flexibility index (Phi) is 28.7. The Balaban J connectivity index is 3.39. The summed E-state index contributed by atoms with van der Waals surface area (Å²) in [5, 5.41) is 46.0. The van der Waals surface area contributed by atoms with E-state index < -0.39 is 133 Å². The average molecular weight is 1040 g/mol. The smallest absolute Gasteiger partial charge is 0.326 e. The van der Waals surface area contributed by atoms with Crippen LogP contribution in [-0.2, 0) is 54.4 Å². The molecule has 27 heteroatoms. The van der Waals surface area contributed by atoms with Gasteiger partial charge in [-0.25, -0.2) is 4.79 Å². The summed E-state index contributed by atoms with van der Waals surface area (Å²) in [4.78, 5) is 135. The first-order chi connectivity index (χ1) is 33.3. The zero-order valence-corrected chi connectivity index (χ0v) is 42.3. The van der Waals surface area contributed by atoms with Gasteiger partial charge in [-0.1, -0.05) is 46.2 Å². The number of carboxylic acid groups (broad SMARTS) is 2. The van der Waals surface area contributed by atoms with Gasteiger partial charge in [0.25, 0.3) is 0 Å². The highest BCUT2D eigenvalue weighted by molar-refractivity contribution is 7.98. The molecule has 0 aliphatic rings. The van der Waals surface area contributed by atoms with E-state index in [1.807, 2.05) is 0 Å². The highest BCUT2D eigenvalue weighted by atomic mass is 32.2. The van der Waals surface area contributed by atoms with Crippen LogP contribution in [0.1, 0.15) is 84.6 Å². The number of hydrogen-bond acceptors (Lipinski definition) is 15. The maximum Gasteiger partial charge on any atom is 0.326 e. The molecule has 0 bridgehead atoms. The molecule has 0 aromatic heterocycles. The van der Waals surface area contributed by atoms with Crippen molar-refractivity contribution < 1.29 is 63.3 Å². The van der Waals surface area contributed by atoms with Crippen molar-refractivity contribution in [2.45, 2.75) is 134 Å². The number of phenolic OH excluding ortho intramolecular Hbond substituents is 1. The number of thioether (sulfide) groups is 1. The SMILES string of the molecule is CC[C@H](C)[C@H](NC(=O)[C@H](CC(N)=O)NC(=O)[C@H](CS)NC(=O)[C@H](CCSC)NC(=O)[C@H](CCCN=C(N)N)NC(=O)[C@H](CCC(=O)O)NC(=O)[C@@H](N)Cc1ccc(O)cc1)C(=O)N[C@@H](CC(C)C)C(=O)O. The highest BCUT2D eigenvalue weighted by Crippen LogP contribution is 2.14. The lowest BCUT2D eigenvalue weighted by atomic mass is 9.96. The van der Waals surface area contributed by atoms with Gasteiger partial charge in [-0.2, -0.15) is 24.4 Å². The first-order valence-corrected chi connectivity index (χ1v) is 24.9. The van der Waals surface area contributed by atoms with Crippen LogP contribution in [0.25, 0.3) is 0 Å². The molecule has 0 heterocycles. The maximum absolute atomic E-state index is 14.0. The van der Waals surface area contributed by atoms with E-state index in [4.69, 9.17) is 22.9 Å². The fourth-order valence-corrected chi connectivity index (χ4v) is 7.40. The number of hydrogen-bond donors (Lipinski definition) is 15. The molecular formula is C44H72N12O13S2. The summed E-state index contributed by atoms with van der Waals surface area (Å²) < 4.78 is 0. The topological polar surface area (TPSA) is 432 Å². The van der Waals surface area contributed by atoms with Crippen LogP contribution in [0.15, 0.2) is 29.3 Å². The van der Waals surface area contributed by atoms with Crippen LogP contribution in [-0.4, -0.2) is 153 Å². The Morgan fingerprint density at radius 2 is 1.17 bits per heavy atom. The summed E-state index contributed by atoms with van der Waals surface area (Å²) in [6.45, 7) is 6.90. The molecule has 0 unspecified atom stereocenters. The lowest BCUT2D eigenvalue weighted by molar-refractivity contribution is -0.143. The van der Waals surface area contributed by atoms with E-state index in [0.29, 0.717) is 17.7 Å². The predicted molar refractivity (Wildman–Crippen MR) is 267 cm³/mol. The average Bonchev–Trinajstić information content (AvgIpc) is 3.29. The van der Waals surface area contributed by atoms with Gasteiger partial charge in [-0.05, 0) is 80.1 Å². The van der Waals surface area contributed by atoms with Crippen molar-refractivity contribution in [2.75, 3.05) is 24.3 Å². The van der Waals surface area contributed by atoms with Gasteiger partial charge >= 0.3 is 11.9 Å². The van der Waals surface area contributed by atoms with Gasteiger partial charge in [0, 0.05) is 18.7 Å². The second kappa shape index (κ2) is 32.5. The van der Waals surface area contributed by atoms with Gasteiger partial charge in [0.05, 0.1) is 12.5 Å². The molecule has 0 spiro atoms. The summed E-state index contributed by atoms with van der Waals surface area (Å²) in [5.41, 5.74) is 23.0. The zero-order valence-electron chi connectivity index (χ0n) is 40.6. The molecule has 1 aromatic rings. The Hall–Kier alpha value is -6.35. The number of carbonyl (C=O) groups excluding carboxylic acids is 8. The molecule has 398 valence electrons. The predicted octanol–water partition coefficient (Wildman–Crippen LogP) is -2.69. The number of benzene rings is 1. The number of guanidine groups is 1. The first kappa shape index (κ1) is 62.7. The number of carboxylic acids is 2. The van der Waals surface area contributed by atoms with Gasteiger partial charge < -0.3 is 75.5 Å². The lowest BCUT2D eigenvalue weighted by Crippen LogP contribution is -2.61. The summed E-state index contributed by atoms with van der Waals surface area (Å²) in [6, 6.07) is -5.40. The normalized spacial score (nSPS) is 14.8. The van der Waals surface area contributed by atoms with E-state index >= 15 is 0 Å². The molecule has 0 aliphatic heterocycles. The van der Waals surface area contributed by atoms with Crippen LogP contribution < -0.4 is 60.2 Å². The summed E-state index contributed by atoms with van der Waals surface area (Å²) >= 11 is 5.51. The molecule has 71 heavy (non-hydrogen) atoms. The van der Waals surface area contributed by atoms with Crippen molar-refractivity contribution in [3.63, 3.8) is 0 Å². The number of nitrogens with zero attached hydrogens (tertiary/aromatic N) is 1. The van der Waals surface area contributed by atoms with Crippen LogP contribution in [0.2, 0.25) is 0 Å². The van der Waals surface area contributed by atoms with Gasteiger partial charge in [0.2, 0.25) is 47.3 Å². The van der Waals surface area contributed by atoms with Crippen molar-refractivity contribution in [3.05, 3.63) is 29.8 Å². The number of phenols is 1. The van der Waals surface area contributed by atoms with Gasteiger partial charge in [0.15, 0.2) is 5.96 Å². The molecule has 0 saturated heterocycles. The highest BCUT2D eigenvalue weighted by Gasteiger charge is 2.36. The van der Waals surface area contributed by atoms with E-state index in [0.717, 1.165) is 0 Å². The van der Waals surface area contributed by atoms with Crippen LogP contribution in [0.4, 0.5) is 0 Å². The van der Waals surface area contributed by atoms with E-state index in [2.05, 4.69) is 54.8 Å². The lowest BCUT2D eigenvalue weighted by Gasteiger charge is -2.29. The number of primary amides is 1. The van der Waals surface area contributed by atoms with Gasteiger partial charge in [-0.15, -0.1) is 0 Å². The van der Waals surface area contributed by atoms with Crippen molar-refractivity contribution >= 4 is 89.5 Å². The third-order valence-electron chi connectivity index (χ3n) is 10.8. The van der Waals surface area contributed by atoms with Crippen LogP contribution >= 0.6 is 24.4 Å². The Morgan fingerprint density at radius 3 is 1.66 bits per heavy atom. The van der Waals surface area contributed by atoms with E-state index in [9.17, 15) is 63.3 Å². The zero-order chi connectivity index (χ0) is 54.0. The van der Waals surface area contributed by atoms with Crippen LogP contribution in [0, 0.1) is 11.8 Å². The molecule has 0 radical (unpaired) electrons. The Morgan fingerprint density at radius 1 is 0.676 bits per heavy atom. The Labute approximate surface area is 422 Å². The molecule has 0 fully saturated rings. The van der Waals surface area contributed by atoms with Crippen molar-refractivity contribution in [3.8, 4) is 5.75 Å². The van der Waals surface area contributed by atoms with Crippen LogP contribution in [0.5, 0.6) is 5.75 Å². The molecule has 25 nitrogen and oxygen atoms in total. The van der Waals surface area contributed by atoms with E-state index in [-0.39, 0.29) is 62.0 Å². The quantitative estimate of drug-likeness (QED) is 0.0145. The summed E-state index contributed by atoms with van der Waals surface area (Å²) in [6.07, 6.45) is 0.394. The number of aliphatic imine (C=N–C) groups is 1. The number of carbonyl (C=O) groups is 10. The number of aliphatic carboxylic acids is 2. The number of amides is 8. The van der Waals surface area contributed by atoms with Crippen molar-refractivity contribution in [1.82, 2.24) is 37.2 Å². The minimum Gasteiger partial charge on any atom is -0.508 e. The molecular weight excluding hydrogens is 969 g/mol. The fraction of sp³-hybridized carbons (Fsp3) is 0.614. The number of nitrogens with two attached hydrogens (primary N) is 4. The summed E-state index contributed by atoms with van der Waals surface area (Å²) in [5.74, 6) is -11.0. The van der Waals surface area contributed by atoms with Gasteiger partial charge in [-0.3, -0.25) is 48.1 Å².